The Morgan fingerprint density at radius 1 is 0.931 bits per heavy atom. The van der Waals surface area contributed by atoms with E-state index in [1.54, 1.807) is 0 Å². The highest BCUT2D eigenvalue weighted by molar-refractivity contribution is 5.86. The summed E-state index contributed by atoms with van der Waals surface area (Å²) in [5.74, 6) is 0.596. The number of piperidine rings is 1. The fraction of sp³-hybridized carbons (Fsp3) is 0.458. The summed E-state index contributed by atoms with van der Waals surface area (Å²) in [6.45, 7) is 5.92. The summed E-state index contributed by atoms with van der Waals surface area (Å²) < 4.78 is 5.53. The summed E-state index contributed by atoms with van der Waals surface area (Å²) >= 11 is 0. The van der Waals surface area contributed by atoms with Gasteiger partial charge in [-0.05, 0) is 75.1 Å². The van der Waals surface area contributed by atoms with Gasteiger partial charge in [0.05, 0.1) is 0 Å². The standard InChI is InChI=1S/C24H31N3O2/c28-24(25-21-10-3-1-4-11-21)29-22-12-7-9-20(19-22)23-13-8-16-27(23)18-17-26-14-5-2-6-15-26/h1,3-4,7,9-12,19,23H,2,5-6,8,13-18H2,(H,25,28). The number of hydrogen-bond acceptors (Lipinski definition) is 4. The van der Waals surface area contributed by atoms with E-state index in [0.29, 0.717) is 11.8 Å². The van der Waals surface area contributed by atoms with E-state index in [9.17, 15) is 4.79 Å². The first kappa shape index (κ1) is 19.9. The van der Waals surface area contributed by atoms with Crippen LogP contribution in [0.2, 0.25) is 0 Å². The van der Waals surface area contributed by atoms with E-state index >= 15 is 0 Å². The van der Waals surface area contributed by atoms with Gasteiger partial charge in [0, 0.05) is 24.8 Å². The quantitative estimate of drug-likeness (QED) is 0.757. The lowest BCUT2D eigenvalue weighted by atomic mass is 10.0. The molecule has 2 saturated heterocycles. The zero-order chi connectivity index (χ0) is 19.9. The molecule has 5 heteroatoms. The Morgan fingerprint density at radius 2 is 1.76 bits per heavy atom. The molecule has 2 aliphatic heterocycles. The van der Waals surface area contributed by atoms with Gasteiger partial charge in [0.1, 0.15) is 5.75 Å². The fourth-order valence-electron chi connectivity index (χ4n) is 4.48. The second-order valence-corrected chi connectivity index (χ2v) is 8.05. The van der Waals surface area contributed by atoms with Crippen molar-refractivity contribution in [2.45, 2.75) is 38.1 Å². The van der Waals surface area contributed by atoms with Crippen molar-refractivity contribution in [3.05, 3.63) is 60.2 Å². The predicted molar refractivity (Wildman–Crippen MR) is 116 cm³/mol. The molecule has 5 nitrogen and oxygen atoms in total. The number of likely N-dealkylation sites (tertiary alicyclic amines) is 2. The van der Waals surface area contributed by atoms with E-state index < -0.39 is 6.09 Å². The molecule has 29 heavy (non-hydrogen) atoms. The second kappa shape index (κ2) is 9.90. The van der Waals surface area contributed by atoms with Crippen molar-refractivity contribution in [1.29, 1.82) is 0 Å². The smallest absolute Gasteiger partial charge is 0.410 e. The number of carbonyl (C=O) groups is 1. The van der Waals surface area contributed by atoms with Gasteiger partial charge in [0.2, 0.25) is 0 Å². The molecule has 1 N–H and O–H groups in total. The van der Waals surface area contributed by atoms with Crippen LogP contribution in [0.3, 0.4) is 0 Å². The van der Waals surface area contributed by atoms with Crippen LogP contribution in [0.15, 0.2) is 54.6 Å². The number of anilines is 1. The van der Waals surface area contributed by atoms with Crippen molar-refractivity contribution in [3.63, 3.8) is 0 Å². The lowest BCUT2D eigenvalue weighted by Crippen LogP contribution is -2.37. The molecule has 2 fully saturated rings. The topological polar surface area (TPSA) is 44.8 Å². The van der Waals surface area contributed by atoms with Gasteiger partial charge in [-0.2, -0.15) is 0 Å². The van der Waals surface area contributed by atoms with Gasteiger partial charge in [0.15, 0.2) is 0 Å². The van der Waals surface area contributed by atoms with Gasteiger partial charge in [-0.25, -0.2) is 4.79 Å². The minimum atomic E-state index is -0.457. The molecular formula is C24H31N3O2. The number of para-hydroxylation sites is 1. The lowest BCUT2D eigenvalue weighted by molar-refractivity contribution is 0.174. The molecule has 154 valence electrons. The molecule has 1 unspecified atom stereocenters. The maximum Gasteiger partial charge on any atom is 0.417 e. The molecule has 0 spiro atoms. The molecule has 0 bridgehead atoms. The number of nitrogens with zero attached hydrogens (tertiary/aromatic N) is 2. The highest BCUT2D eigenvalue weighted by Gasteiger charge is 2.26. The van der Waals surface area contributed by atoms with E-state index in [-0.39, 0.29) is 0 Å². The van der Waals surface area contributed by atoms with Crippen LogP contribution >= 0.6 is 0 Å². The predicted octanol–water partition coefficient (Wildman–Crippen LogP) is 4.92. The Labute approximate surface area is 173 Å². The van der Waals surface area contributed by atoms with E-state index in [2.05, 4.69) is 21.2 Å². The SMILES string of the molecule is O=C(Nc1ccccc1)Oc1cccc(C2CCCN2CCN2CCCCC2)c1. The van der Waals surface area contributed by atoms with Gasteiger partial charge < -0.3 is 9.64 Å². The van der Waals surface area contributed by atoms with E-state index in [1.165, 1.54) is 50.8 Å². The number of rotatable bonds is 6. The van der Waals surface area contributed by atoms with E-state index in [1.807, 2.05) is 48.5 Å². The third kappa shape index (κ3) is 5.58. The second-order valence-electron chi connectivity index (χ2n) is 8.05. The Kier molecular flexibility index (Phi) is 6.80. The minimum Gasteiger partial charge on any atom is -0.410 e. The molecule has 0 aliphatic carbocycles. The molecule has 1 amide bonds. The maximum absolute atomic E-state index is 12.2. The third-order valence-electron chi connectivity index (χ3n) is 5.99. The summed E-state index contributed by atoms with van der Waals surface area (Å²) in [6.07, 6.45) is 6.00. The van der Waals surface area contributed by atoms with Crippen LogP contribution in [-0.2, 0) is 0 Å². The Balaban J connectivity index is 1.34. The number of carbonyl (C=O) groups excluding carboxylic acids is 1. The summed E-state index contributed by atoms with van der Waals surface area (Å²) in [5.41, 5.74) is 1.97. The Morgan fingerprint density at radius 3 is 2.59 bits per heavy atom. The lowest BCUT2D eigenvalue weighted by Gasteiger charge is -2.31. The van der Waals surface area contributed by atoms with Crippen LogP contribution in [0.5, 0.6) is 5.75 Å². The molecule has 0 aromatic heterocycles. The Hall–Kier alpha value is -2.37. The third-order valence-corrected chi connectivity index (χ3v) is 5.99. The van der Waals surface area contributed by atoms with Gasteiger partial charge in [0.25, 0.3) is 0 Å². The highest BCUT2D eigenvalue weighted by atomic mass is 16.6. The first-order chi connectivity index (χ1) is 14.3. The van der Waals surface area contributed by atoms with Crippen molar-refractivity contribution in [3.8, 4) is 5.75 Å². The summed E-state index contributed by atoms with van der Waals surface area (Å²) in [6, 6.07) is 17.8. The van der Waals surface area contributed by atoms with Crippen molar-refractivity contribution in [2.24, 2.45) is 0 Å². The number of benzene rings is 2. The minimum absolute atomic E-state index is 0.417. The van der Waals surface area contributed by atoms with Gasteiger partial charge in [-0.1, -0.05) is 36.8 Å². The molecule has 0 saturated carbocycles. The molecule has 0 radical (unpaired) electrons. The van der Waals surface area contributed by atoms with E-state index in [4.69, 9.17) is 4.74 Å². The summed E-state index contributed by atoms with van der Waals surface area (Å²) in [5, 5.41) is 2.77. The molecule has 4 rings (SSSR count). The Bertz CT molecular complexity index is 790. The number of ether oxygens (including phenoxy) is 1. The number of hydrogen-bond donors (Lipinski definition) is 1. The first-order valence-electron chi connectivity index (χ1n) is 10.9. The summed E-state index contributed by atoms with van der Waals surface area (Å²) in [7, 11) is 0. The van der Waals surface area contributed by atoms with Crippen LogP contribution in [0.1, 0.15) is 43.7 Å². The fourth-order valence-corrected chi connectivity index (χ4v) is 4.48. The van der Waals surface area contributed by atoms with Gasteiger partial charge in [-0.15, -0.1) is 0 Å². The average molecular weight is 394 g/mol. The number of nitrogens with one attached hydrogen (secondary N) is 1. The zero-order valence-electron chi connectivity index (χ0n) is 17.1. The van der Waals surface area contributed by atoms with Crippen LogP contribution in [0.25, 0.3) is 0 Å². The van der Waals surface area contributed by atoms with Gasteiger partial charge in [-0.3, -0.25) is 10.2 Å². The number of amides is 1. The van der Waals surface area contributed by atoms with Crippen molar-refractivity contribution in [2.75, 3.05) is 38.0 Å². The molecule has 2 aromatic carbocycles. The van der Waals surface area contributed by atoms with Crippen LogP contribution in [0, 0.1) is 0 Å². The molecular weight excluding hydrogens is 362 g/mol. The summed E-state index contributed by atoms with van der Waals surface area (Å²) in [4.78, 5) is 17.4. The molecule has 1 atom stereocenters. The van der Waals surface area contributed by atoms with Crippen LogP contribution in [0.4, 0.5) is 10.5 Å². The zero-order valence-corrected chi connectivity index (χ0v) is 17.1. The maximum atomic E-state index is 12.2. The largest absolute Gasteiger partial charge is 0.417 e. The monoisotopic (exact) mass is 393 g/mol. The molecule has 2 aliphatic rings. The first-order valence-corrected chi connectivity index (χ1v) is 10.9. The van der Waals surface area contributed by atoms with Crippen molar-refractivity contribution < 1.29 is 9.53 Å². The normalized spacial score (nSPS) is 20.5. The van der Waals surface area contributed by atoms with E-state index in [0.717, 1.165) is 25.3 Å². The van der Waals surface area contributed by atoms with Crippen LogP contribution in [-0.4, -0.2) is 48.6 Å². The van der Waals surface area contributed by atoms with Crippen molar-refractivity contribution in [1.82, 2.24) is 9.80 Å². The molecule has 2 heterocycles. The average Bonchev–Trinajstić information content (AvgIpc) is 3.22. The highest BCUT2D eigenvalue weighted by Crippen LogP contribution is 2.33. The molecule has 2 aromatic rings. The van der Waals surface area contributed by atoms with Gasteiger partial charge >= 0.3 is 6.09 Å². The van der Waals surface area contributed by atoms with Crippen molar-refractivity contribution >= 4 is 11.8 Å². The van der Waals surface area contributed by atoms with Crippen LogP contribution < -0.4 is 10.1 Å².